The van der Waals surface area contributed by atoms with Crippen LogP contribution in [0.1, 0.15) is 13.8 Å². The summed E-state index contributed by atoms with van der Waals surface area (Å²) in [5, 5.41) is 2.64. The summed E-state index contributed by atoms with van der Waals surface area (Å²) in [6.45, 7) is 4.89. The third-order valence-corrected chi connectivity index (χ3v) is 8.83. The summed E-state index contributed by atoms with van der Waals surface area (Å²) in [7, 11) is 1.03. The minimum atomic E-state index is 0.515. The zero-order valence-electron chi connectivity index (χ0n) is 4.57. The fraction of sp³-hybridized carbons (Fsp3) is 1.00. The maximum atomic E-state index is 2.44. The highest BCUT2D eigenvalue weighted by atomic mass is 28.3. The Morgan fingerprint density at radius 3 is 1.33 bits per heavy atom. The lowest BCUT2D eigenvalue weighted by molar-refractivity contribution is 1.11. The summed E-state index contributed by atoms with van der Waals surface area (Å²) in [5.41, 5.74) is 0. The van der Waals surface area contributed by atoms with Gasteiger partial charge in [-0.05, 0) is 0 Å². The largest absolute Gasteiger partial charge is 0.0683 e. The van der Waals surface area contributed by atoms with Gasteiger partial charge in [0.05, 0.1) is 0 Å². The van der Waals surface area contributed by atoms with E-state index in [1.807, 2.05) is 0 Å². The summed E-state index contributed by atoms with van der Waals surface area (Å²) in [6, 6.07) is 0. The first-order valence-corrected chi connectivity index (χ1v) is 6.05. The molecule has 0 aromatic rings. The molecule has 0 aromatic carbocycles. The van der Waals surface area contributed by atoms with Gasteiger partial charge in [0.2, 0.25) is 0 Å². The lowest BCUT2D eigenvalue weighted by atomic mass is 10.9. The van der Waals surface area contributed by atoms with Crippen LogP contribution in [0.3, 0.4) is 0 Å². The first-order chi connectivity index (χ1) is 2.79. The molecule has 0 atom stereocenters. The van der Waals surface area contributed by atoms with E-state index in [1.54, 1.807) is 0 Å². The Morgan fingerprint density at radius 2 is 1.33 bits per heavy atom. The second-order valence-corrected chi connectivity index (χ2v) is 11.5. The predicted octanol–water partition coefficient (Wildman–Crippen LogP) is -0.131. The minimum Gasteiger partial charge on any atom is -0.0683 e. The number of hydrogen-bond acceptors (Lipinski definition) is 0. The molecule has 1 fully saturated rings. The molecule has 1 rings (SSSR count). The van der Waals surface area contributed by atoms with Gasteiger partial charge in [-0.25, -0.2) is 0 Å². The van der Waals surface area contributed by atoms with E-state index in [9.17, 15) is 0 Å². The van der Waals surface area contributed by atoms with Crippen LogP contribution < -0.4 is 0 Å². The van der Waals surface area contributed by atoms with Gasteiger partial charge in [-0.2, -0.15) is 0 Å². The normalized spacial score (nSPS) is 53.0. The van der Waals surface area contributed by atoms with Crippen molar-refractivity contribution in [3.05, 3.63) is 0 Å². The SMILES string of the molecule is CC1[SiH2]C(C)[SiH2]1. The smallest absolute Gasteiger partial charge is 0.0191 e. The zero-order valence-corrected chi connectivity index (χ0v) is 7.40. The van der Waals surface area contributed by atoms with Gasteiger partial charge in [0.15, 0.2) is 0 Å². The van der Waals surface area contributed by atoms with E-state index in [4.69, 9.17) is 0 Å². The molecule has 0 aliphatic carbocycles. The highest BCUT2D eigenvalue weighted by molar-refractivity contribution is 6.79. The second-order valence-electron chi connectivity index (χ2n) is 2.68. The summed E-state index contributed by atoms with van der Waals surface area (Å²) in [5.74, 6) is 0. The van der Waals surface area contributed by atoms with Crippen molar-refractivity contribution in [2.45, 2.75) is 24.2 Å². The zero-order chi connectivity index (χ0) is 4.57. The molecule has 0 nitrogen and oxygen atoms in total. The summed E-state index contributed by atoms with van der Waals surface area (Å²) >= 11 is 0. The average molecular weight is 116 g/mol. The van der Waals surface area contributed by atoms with Crippen molar-refractivity contribution in [1.29, 1.82) is 0 Å². The van der Waals surface area contributed by atoms with E-state index in [1.165, 1.54) is 10.3 Å². The van der Waals surface area contributed by atoms with Crippen molar-refractivity contribution in [3.8, 4) is 0 Å². The topological polar surface area (TPSA) is 0 Å². The molecule has 0 radical (unpaired) electrons. The van der Waals surface area contributed by atoms with Crippen LogP contribution in [0.15, 0.2) is 0 Å². The Kier molecular flexibility index (Phi) is 1.15. The predicted molar refractivity (Wildman–Crippen MR) is 35.9 cm³/mol. The molecule has 0 amide bonds. The van der Waals surface area contributed by atoms with Crippen LogP contribution in [0.25, 0.3) is 0 Å². The molecule has 1 aliphatic rings. The second kappa shape index (κ2) is 1.50. The molecule has 0 aromatic heterocycles. The van der Waals surface area contributed by atoms with Gasteiger partial charge in [-0.1, -0.05) is 24.2 Å². The maximum Gasteiger partial charge on any atom is 0.0191 e. The highest BCUT2D eigenvalue weighted by Gasteiger charge is 2.21. The van der Waals surface area contributed by atoms with E-state index in [0.29, 0.717) is 19.0 Å². The van der Waals surface area contributed by atoms with Gasteiger partial charge in [-0.15, -0.1) is 0 Å². The molecule has 1 aliphatic heterocycles. The molecule has 0 spiro atoms. The van der Waals surface area contributed by atoms with E-state index in [-0.39, 0.29) is 0 Å². The van der Waals surface area contributed by atoms with Gasteiger partial charge in [0.1, 0.15) is 0 Å². The molecule has 0 unspecified atom stereocenters. The lowest BCUT2D eigenvalue weighted by Crippen LogP contribution is -2.29. The van der Waals surface area contributed by atoms with E-state index in [0.717, 1.165) is 0 Å². The molecular formula is C4H12Si2. The van der Waals surface area contributed by atoms with Crippen LogP contribution in [-0.2, 0) is 0 Å². The van der Waals surface area contributed by atoms with Gasteiger partial charge < -0.3 is 0 Å². The van der Waals surface area contributed by atoms with Gasteiger partial charge in [0, 0.05) is 19.0 Å². The van der Waals surface area contributed by atoms with Crippen molar-refractivity contribution < 1.29 is 0 Å². The fourth-order valence-electron chi connectivity index (χ4n) is 1.30. The Bertz CT molecular complexity index is 41.5. The molecule has 0 bridgehead atoms. The summed E-state index contributed by atoms with van der Waals surface area (Å²) < 4.78 is 0. The van der Waals surface area contributed by atoms with Crippen LogP contribution in [-0.4, -0.2) is 19.0 Å². The monoisotopic (exact) mass is 116 g/mol. The van der Waals surface area contributed by atoms with Gasteiger partial charge in [-0.3, -0.25) is 0 Å². The van der Waals surface area contributed by atoms with Crippen LogP contribution in [0.2, 0.25) is 10.3 Å². The average Bonchev–Trinajstić information content (AvgIpc) is 1.33. The molecule has 0 saturated carbocycles. The van der Waals surface area contributed by atoms with Crippen LogP contribution in [0, 0.1) is 0 Å². The quantitative estimate of drug-likeness (QED) is 0.387. The van der Waals surface area contributed by atoms with Crippen LogP contribution >= 0.6 is 0 Å². The molecular weight excluding hydrogens is 104 g/mol. The molecule has 0 N–H and O–H groups in total. The summed E-state index contributed by atoms with van der Waals surface area (Å²) in [6.07, 6.45) is 0. The molecule has 36 valence electrons. The molecule has 2 heteroatoms. The van der Waals surface area contributed by atoms with E-state index in [2.05, 4.69) is 13.8 Å². The molecule has 1 heterocycles. The van der Waals surface area contributed by atoms with Crippen molar-refractivity contribution in [2.75, 3.05) is 0 Å². The number of hydrogen-bond donors (Lipinski definition) is 0. The standard InChI is InChI=1S/C4H12Si2/c1-3-5-4(2)6-3/h3-4H,5-6H2,1-2H3. The van der Waals surface area contributed by atoms with Gasteiger partial charge in [0.25, 0.3) is 0 Å². The Labute approximate surface area is 44.0 Å². The van der Waals surface area contributed by atoms with Crippen LogP contribution in [0.4, 0.5) is 0 Å². The maximum absolute atomic E-state index is 2.44. The molecule has 1 saturated heterocycles. The summed E-state index contributed by atoms with van der Waals surface area (Å²) in [4.78, 5) is 0. The number of rotatable bonds is 0. The first-order valence-electron chi connectivity index (χ1n) is 2.79. The Hall–Kier alpha value is 0.434. The van der Waals surface area contributed by atoms with Crippen molar-refractivity contribution in [2.24, 2.45) is 0 Å². The minimum absolute atomic E-state index is 0.515. The first kappa shape index (κ1) is 4.59. The van der Waals surface area contributed by atoms with Crippen LogP contribution in [0.5, 0.6) is 0 Å². The Balaban J connectivity index is 2.11. The van der Waals surface area contributed by atoms with E-state index < -0.39 is 0 Å². The third kappa shape index (κ3) is 0.735. The van der Waals surface area contributed by atoms with Crippen molar-refractivity contribution in [3.63, 3.8) is 0 Å². The van der Waals surface area contributed by atoms with Crippen molar-refractivity contribution >= 4 is 19.0 Å². The lowest BCUT2D eigenvalue weighted by Gasteiger charge is -2.27. The van der Waals surface area contributed by atoms with Gasteiger partial charge >= 0.3 is 0 Å². The van der Waals surface area contributed by atoms with Crippen molar-refractivity contribution in [1.82, 2.24) is 0 Å². The fourth-order valence-corrected chi connectivity index (χ4v) is 8.91. The Morgan fingerprint density at radius 1 is 1.00 bits per heavy atom. The highest BCUT2D eigenvalue weighted by Crippen LogP contribution is 2.23. The third-order valence-electron chi connectivity index (χ3n) is 1.61. The van der Waals surface area contributed by atoms with E-state index >= 15 is 0 Å². The molecule has 6 heavy (non-hydrogen) atoms.